The van der Waals surface area contributed by atoms with Gasteiger partial charge in [-0.1, -0.05) is 35.9 Å². The molecule has 3 aromatic rings. The highest BCUT2D eigenvalue weighted by atomic mass is 35.5. The van der Waals surface area contributed by atoms with Crippen LogP contribution in [-0.2, 0) is 5.60 Å². The monoisotopic (exact) mass is 317 g/mol. The van der Waals surface area contributed by atoms with E-state index in [2.05, 4.69) is 15.0 Å². The molecular formula is C15H12ClN3OS. The highest BCUT2D eigenvalue weighted by Gasteiger charge is 2.28. The summed E-state index contributed by atoms with van der Waals surface area (Å²) in [6.07, 6.45) is 5.00. The highest BCUT2D eigenvalue weighted by Crippen LogP contribution is 2.34. The normalized spacial score (nSPS) is 13.9. The Balaban J connectivity index is 1.94. The van der Waals surface area contributed by atoms with Gasteiger partial charge in [0.05, 0.1) is 4.88 Å². The zero-order chi connectivity index (χ0) is 14.9. The summed E-state index contributed by atoms with van der Waals surface area (Å²) in [5.41, 5.74) is 0.543. The summed E-state index contributed by atoms with van der Waals surface area (Å²) in [7, 11) is 0. The molecule has 1 aromatic carbocycles. The zero-order valence-electron chi connectivity index (χ0n) is 11.2. The highest BCUT2D eigenvalue weighted by molar-refractivity contribution is 7.15. The SMILES string of the molecule is CC(O)(c1ccc(-c2ncccn2)cc1)c1cnc(Cl)s1. The van der Waals surface area contributed by atoms with E-state index in [9.17, 15) is 5.11 Å². The summed E-state index contributed by atoms with van der Waals surface area (Å²) in [4.78, 5) is 13.1. The molecule has 1 unspecified atom stereocenters. The fraction of sp³-hybridized carbons (Fsp3) is 0.133. The molecule has 6 heteroatoms. The van der Waals surface area contributed by atoms with Gasteiger partial charge in [-0.2, -0.15) is 0 Å². The van der Waals surface area contributed by atoms with Crippen molar-refractivity contribution < 1.29 is 5.11 Å². The quantitative estimate of drug-likeness (QED) is 0.803. The largest absolute Gasteiger partial charge is 0.380 e. The van der Waals surface area contributed by atoms with Crippen molar-refractivity contribution in [3.63, 3.8) is 0 Å². The second-order valence-electron chi connectivity index (χ2n) is 4.70. The first-order valence-electron chi connectivity index (χ1n) is 6.29. The fourth-order valence-corrected chi connectivity index (χ4v) is 3.02. The van der Waals surface area contributed by atoms with E-state index in [4.69, 9.17) is 11.6 Å². The Morgan fingerprint density at radius 2 is 1.76 bits per heavy atom. The molecule has 0 fully saturated rings. The maximum absolute atomic E-state index is 10.7. The topological polar surface area (TPSA) is 58.9 Å². The second kappa shape index (κ2) is 5.52. The number of aliphatic hydroxyl groups is 1. The number of benzene rings is 1. The van der Waals surface area contributed by atoms with Gasteiger partial charge >= 0.3 is 0 Å². The molecule has 106 valence electrons. The molecule has 1 atom stereocenters. The van der Waals surface area contributed by atoms with Crippen LogP contribution in [0, 0.1) is 0 Å². The minimum Gasteiger partial charge on any atom is -0.380 e. The first kappa shape index (κ1) is 14.1. The van der Waals surface area contributed by atoms with Gasteiger partial charge in [-0.25, -0.2) is 15.0 Å². The molecule has 21 heavy (non-hydrogen) atoms. The molecular weight excluding hydrogens is 306 g/mol. The van der Waals surface area contributed by atoms with Gasteiger partial charge in [0.25, 0.3) is 0 Å². The third-order valence-electron chi connectivity index (χ3n) is 3.23. The molecule has 0 saturated heterocycles. The smallest absolute Gasteiger partial charge is 0.183 e. The molecule has 0 radical (unpaired) electrons. The van der Waals surface area contributed by atoms with Gasteiger partial charge in [-0.3, -0.25) is 0 Å². The number of aromatic nitrogens is 3. The van der Waals surface area contributed by atoms with Crippen molar-refractivity contribution >= 4 is 22.9 Å². The third-order valence-corrected chi connectivity index (χ3v) is 4.55. The van der Waals surface area contributed by atoms with Crippen LogP contribution >= 0.6 is 22.9 Å². The van der Waals surface area contributed by atoms with Crippen LogP contribution in [0.25, 0.3) is 11.4 Å². The minimum atomic E-state index is -1.12. The van der Waals surface area contributed by atoms with Gasteiger partial charge in [0.1, 0.15) is 5.60 Å². The number of hydrogen-bond acceptors (Lipinski definition) is 5. The predicted molar refractivity (Wildman–Crippen MR) is 83.3 cm³/mol. The molecule has 4 nitrogen and oxygen atoms in total. The van der Waals surface area contributed by atoms with Gasteiger partial charge in [0, 0.05) is 24.2 Å². The summed E-state index contributed by atoms with van der Waals surface area (Å²) in [6.45, 7) is 1.73. The van der Waals surface area contributed by atoms with Gasteiger partial charge < -0.3 is 5.11 Å². The van der Waals surface area contributed by atoms with Gasteiger partial charge in [0.2, 0.25) is 0 Å². The molecule has 0 aliphatic carbocycles. The number of rotatable bonds is 3. The number of nitrogens with zero attached hydrogens (tertiary/aromatic N) is 3. The lowest BCUT2D eigenvalue weighted by Crippen LogP contribution is -2.21. The van der Waals surface area contributed by atoms with Crippen molar-refractivity contribution in [3.05, 3.63) is 63.8 Å². The summed E-state index contributed by atoms with van der Waals surface area (Å²) < 4.78 is 0.416. The number of thiazole rings is 1. The fourth-order valence-electron chi connectivity index (χ4n) is 2.01. The van der Waals surface area contributed by atoms with Crippen LogP contribution in [0.1, 0.15) is 17.4 Å². The van der Waals surface area contributed by atoms with Gasteiger partial charge in [0.15, 0.2) is 10.3 Å². The average molecular weight is 318 g/mol. The van der Waals surface area contributed by atoms with Crippen LogP contribution in [0.2, 0.25) is 4.47 Å². The van der Waals surface area contributed by atoms with E-state index >= 15 is 0 Å². The maximum atomic E-state index is 10.7. The first-order chi connectivity index (χ1) is 10.1. The van der Waals surface area contributed by atoms with Crippen molar-refractivity contribution in [1.82, 2.24) is 15.0 Å². The Hall–Kier alpha value is -1.82. The summed E-state index contributed by atoms with van der Waals surface area (Å²) in [5, 5.41) is 10.7. The zero-order valence-corrected chi connectivity index (χ0v) is 12.8. The lowest BCUT2D eigenvalue weighted by atomic mass is 9.94. The molecule has 0 aliphatic heterocycles. The summed E-state index contributed by atoms with van der Waals surface area (Å²) in [5.74, 6) is 0.657. The summed E-state index contributed by atoms with van der Waals surface area (Å²) in [6, 6.07) is 9.28. The molecule has 0 saturated carbocycles. The second-order valence-corrected chi connectivity index (χ2v) is 6.31. The minimum absolute atomic E-state index is 0.416. The van der Waals surface area contributed by atoms with Crippen molar-refractivity contribution in [2.24, 2.45) is 0 Å². The van der Waals surface area contributed by atoms with Crippen molar-refractivity contribution in [2.45, 2.75) is 12.5 Å². The van der Waals surface area contributed by atoms with E-state index in [1.165, 1.54) is 11.3 Å². The Kier molecular flexibility index (Phi) is 3.71. The van der Waals surface area contributed by atoms with Gasteiger partial charge in [-0.15, -0.1) is 11.3 Å². The van der Waals surface area contributed by atoms with E-state index in [0.29, 0.717) is 15.2 Å². The Labute approximate surface area is 131 Å². The van der Waals surface area contributed by atoms with Gasteiger partial charge in [-0.05, 0) is 18.6 Å². The van der Waals surface area contributed by atoms with Crippen LogP contribution < -0.4 is 0 Å². The van der Waals surface area contributed by atoms with E-state index < -0.39 is 5.60 Å². The lowest BCUT2D eigenvalue weighted by molar-refractivity contribution is 0.106. The van der Waals surface area contributed by atoms with Crippen molar-refractivity contribution in [1.29, 1.82) is 0 Å². The van der Waals surface area contributed by atoms with Crippen LogP contribution in [0.3, 0.4) is 0 Å². The molecule has 0 amide bonds. The average Bonchev–Trinajstić information content (AvgIpc) is 2.96. The van der Waals surface area contributed by atoms with E-state index in [0.717, 1.165) is 11.1 Å². The molecule has 2 heterocycles. The Bertz CT molecular complexity index is 741. The lowest BCUT2D eigenvalue weighted by Gasteiger charge is -2.22. The molecule has 0 aliphatic rings. The molecule has 0 spiro atoms. The standard InChI is InChI=1S/C15H12ClN3OS/c1-15(20,12-9-19-14(16)21-12)11-5-3-10(4-6-11)13-17-7-2-8-18-13/h2-9,20H,1H3. The third kappa shape index (κ3) is 2.81. The van der Waals surface area contributed by atoms with E-state index in [-0.39, 0.29) is 0 Å². The molecule has 0 bridgehead atoms. The number of hydrogen-bond donors (Lipinski definition) is 1. The first-order valence-corrected chi connectivity index (χ1v) is 7.49. The molecule has 3 rings (SSSR count). The van der Waals surface area contributed by atoms with Crippen molar-refractivity contribution in [3.8, 4) is 11.4 Å². The Morgan fingerprint density at radius 3 is 2.33 bits per heavy atom. The maximum Gasteiger partial charge on any atom is 0.183 e. The van der Waals surface area contributed by atoms with Crippen LogP contribution in [0.15, 0.2) is 48.9 Å². The number of halogens is 1. The predicted octanol–water partition coefficient (Wildman–Crippen LogP) is 3.51. The van der Waals surface area contributed by atoms with E-state index in [1.54, 1.807) is 31.6 Å². The molecule has 2 aromatic heterocycles. The van der Waals surface area contributed by atoms with Crippen LogP contribution in [0.4, 0.5) is 0 Å². The Morgan fingerprint density at radius 1 is 1.10 bits per heavy atom. The van der Waals surface area contributed by atoms with Crippen molar-refractivity contribution in [2.75, 3.05) is 0 Å². The van der Waals surface area contributed by atoms with Crippen LogP contribution in [0.5, 0.6) is 0 Å². The summed E-state index contributed by atoms with van der Waals surface area (Å²) >= 11 is 7.11. The van der Waals surface area contributed by atoms with Crippen LogP contribution in [-0.4, -0.2) is 20.1 Å². The molecule has 1 N–H and O–H groups in total. The van der Waals surface area contributed by atoms with E-state index in [1.807, 2.05) is 24.3 Å².